The molecular weight excluding hydrogens is 396 g/mol. The molecule has 0 bridgehead atoms. The van der Waals surface area contributed by atoms with Gasteiger partial charge in [0.05, 0.1) is 18.8 Å². The summed E-state index contributed by atoms with van der Waals surface area (Å²) in [5.74, 6) is -1.23. The van der Waals surface area contributed by atoms with Crippen molar-refractivity contribution in [3.63, 3.8) is 0 Å². The van der Waals surface area contributed by atoms with Gasteiger partial charge >= 0.3 is 12.6 Å². The van der Waals surface area contributed by atoms with Crippen molar-refractivity contribution >= 4 is 30.0 Å². The second-order valence-corrected chi connectivity index (χ2v) is 6.39. The molecule has 1 fully saturated rings. The van der Waals surface area contributed by atoms with Crippen LogP contribution < -0.4 is 10.1 Å². The molecule has 1 aliphatic rings. The number of ether oxygens (including phenoxy) is 1. The molecule has 0 aliphatic carbocycles. The average Bonchev–Trinajstić information content (AvgIpc) is 2.61. The molecule has 28 heavy (non-hydrogen) atoms. The number of likely N-dealkylation sites (tertiary alicyclic amines) is 1. The van der Waals surface area contributed by atoms with E-state index in [1.807, 2.05) is 16.7 Å². The molecule has 1 heterocycles. The zero-order chi connectivity index (χ0) is 19.8. The molecule has 7 nitrogen and oxygen atoms in total. The van der Waals surface area contributed by atoms with Crippen LogP contribution in [0.3, 0.4) is 0 Å². The predicted molar refractivity (Wildman–Crippen MR) is 103 cm³/mol. The zero-order valence-electron chi connectivity index (χ0n) is 15.6. The molecule has 0 atom stereocenters. The first kappa shape index (κ1) is 24.1. The molecule has 1 aromatic carbocycles. The van der Waals surface area contributed by atoms with E-state index in [1.54, 1.807) is 12.1 Å². The Morgan fingerprint density at radius 1 is 1.32 bits per heavy atom. The molecule has 1 amide bonds. The number of hydrogen-bond acceptors (Lipinski definition) is 5. The number of carbonyl (C=O) groups excluding carboxylic acids is 1. The lowest BCUT2D eigenvalue weighted by Gasteiger charge is -2.37. The zero-order valence-corrected chi connectivity index (χ0v) is 16.5. The molecule has 1 aliphatic heterocycles. The summed E-state index contributed by atoms with van der Waals surface area (Å²) < 4.78 is 29.3. The van der Waals surface area contributed by atoms with Gasteiger partial charge in [-0.25, -0.2) is 0 Å². The minimum absolute atomic E-state index is 0. The highest BCUT2D eigenvalue weighted by Gasteiger charge is 2.26. The maximum atomic E-state index is 12.4. The third kappa shape index (κ3) is 7.57. The molecule has 1 saturated heterocycles. The Labute approximate surface area is 169 Å². The van der Waals surface area contributed by atoms with E-state index in [4.69, 9.17) is 5.11 Å². The highest BCUT2D eigenvalue weighted by molar-refractivity contribution is 5.93. The van der Waals surface area contributed by atoms with Crippen molar-refractivity contribution in [2.75, 3.05) is 38.0 Å². The molecular formula is C18H26ClF2N3O4. The van der Waals surface area contributed by atoms with Gasteiger partial charge in [0.25, 0.3) is 0 Å². The van der Waals surface area contributed by atoms with Gasteiger partial charge in [0.15, 0.2) is 0 Å². The van der Waals surface area contributed by atoms with Crippen LogP contribution in [-0.4, -0.2) is 72.2 Å². The third-order valence-electron chi connectivity index (χ3n) is 4.56. The highest BCUT2D eigenvalue weighted by Crippen LogP contribution is 2.25. The van der Waals surface area contributed by atoms with E-state index in [0.29, 0.717) is 19.6 Å². The van der Waals surface area contributed by atoms with Gasteiger partial charge < -0.3 is 15.2 Å². The van der Waals surface area contributed by atoms with Crippen LogP contribution in [0.25, 0.3) is 0 Å². The molecule has 0 spiro atoms. The standard InChI is InChI=1S/C18H25F2N3O4.ClH/c1-2-23(12-17(25)26)13-7-9-22(10-8-13)11-16(24)21-14-5-3-4-6-15(14)27-18(19)20;/h3-6,13,18H,2,7-12H2,1H3,(H,21,24)(H,25,26);1H. The maximum Gasteiger partial charge on any atom is 0.387 e. The molecule has 0 unspecified atom stereocenters. The van der Waals surface area contributed by atoms with E-state index in [9.17, 15) is 18.4 Å². The number of carboxylic acids is 1. The molecule has 0 radical (unpaired) electrons. The summed E-state index contributed by atoms with van der Waals surface area (Å²) in [5, 5.41) is 11.6. The average molecular weight is 422 g/mol. The Balaban J connectivity index is 0.00000392. The number of benzene rings is 1. The Bertz CT molecular complexity index is 643. The number of amides is 1. The number of aliphatic carboxylic acids is 1. The van der Waals surface area contributed by atoms with Gasteiger partial charge in [-0.2, -0.15) is 8.78 Å². The number of likely N-dealkylation sites (N-methyl/N-ethyl adjacent to an activating group) is 1. The van der Waals surface area contributed by atoms with E-state index in [-0.39, 0.29) is 48.9 Å². The van der Waals surface area contributed by atoms with Crippen LogP contribution in [0.4, 0.5) is 14.5 Å². The van der Waals surface area contributed by atoms with E-state index in [1.165, 1.54) is 12.1 Å². The first-order valence-corrected chi connectivity index (χ1v) is 8.91. The maximum absolute atomic E-state index is 12.4. The van der Waals surface area contributed by atoms with Crippen LogP contribution in [0.15, 0.2) is 24.3 Å². The lowest BCUT2D eigenvalue weighted by molar-refractivity contribution is -0.139. The van der Waals surface area contributed by atoms with E-state index in [2.05, 4.69) is 10.1 Å². The molecule has 1 aromatic rings. The number of anilines is 1. The molecule has 0 saturated carbocycles. The molecule has 158 valence electrons. The van der Waals surface area contributed by atoms with E-state index < -0.39 is 12.6 Å². The Morgan fingerprint density at radius 2 is 1.96 bits per heavy atom. The number of piperidine rings is 1. The van der Waals surface area contributed by atoms with Crippen molar-refractivity contribution < 1.29 is 28.2 Å². The quantitative estimate of drug-likeness (QED) is 0.637. The summed E-state index contributed by atoms with van der Waals surface area (Å²) in [6, 6.07) is 6.24. The van der Waals surface area contributed by atoms with E-state index in [0.717, 1.165) is 12.8 Å². The Morgan fingerprint density at radius 3 is 2.54 bits per heavy atom. The van der Waals surface area contributed by atoms with Crippen LogP contribution in [0, 0.1) is 0 Å². The van der Waals surface area contributed by atoms with Gasteiger partial charge in [0.2, 0.25) is 5.91 Å². The Kier molecular flexibility index (Phi) is 10.1. The summed E-state index contributed by atoms with van der Waals surface area (Å²) in [6.07, 6.45) is 1.55. The smallest absolute Gasteiger partial charge is 0.387 e. The predicted octanol–water partition coefficient (Wildman–Crippen LogP) is 2.52. The van der Waals surface area contributed by atoms with Crippen LogP contribution in [0.5, 0.6) is 5.75 Å². The van der Waals surface area contributed by atoms with Gasteiger partial charge in [0.1, 0.15) is 5.75 Å². The third-order valence-corrected chi connectivity index (χ3v) is 4.56. The van der Waals surface area contributed by atoms with Crippen molar-refractivity contribution in [2.45, 2.75) is 32.4 Å². The van der Waals surface area contributed by atoms with Crippen molar-refractivity contribution in [1.29, 1.82) is 0 Å². The number of alkyl halides is 2. The summed E-state index contributed by atoms with van der Waals surface area (Å²) >= 11 is 0. The van der Waals surface area contributed by atoms with Crippen LogP contribution in [0.1, 0.15) is 19.8 Å². The van der Waals surface area contributed by atoms with Gasteiger partial charge in [-0.1, -0.05) is 19.1 Å². The van der Waals surface area contributed by atoms with Gasteiger partial charge in [0, 0.05) is 19.1 Å². The first-order chi connectivity index (χ1) is 12.9. The Hall–Kier alpha value is -1.97. The summed E-state index contributed by atoms with van der Waals surface area (Å²) in [6.45, 7) is 1.13. The minimum atomic E-state index is -2.96. The van der Waals surface area contributed by atoms with Crippen molar-refractivity contribution in [3.05, 3.63) is 24.3 Å². The van der Waals surface area contributed by atoms with Gasteiger partial charge in [-0.05, 0) is 31.5 Å². The van der Waals surface area contributed by atoms with Crippen LogP contribution >= 0.6 is 12.4 Å². The molecule has 0 aromatic heterocycles. The largest absolute Gasteiger partial charge is 0.480 e. The summed E-state index contributed by atoms with van der Waals surface area (Å²) in [5.41, 5.74) is 0.205. The summed E-state index contributed by atoms with van der Waals surface area (Å²) in [4.78, 5) is 27.1. The molecule has 2 N–H and O–H groups in total. The number of nitrogens with zero attached hydrogens (tertiary/aromatic N) is 2. The normalized spacial score (nSPS) is 15.3. The first-order valence-electron chi connectivity index (χ1n) is 8.91. The number of rotatable bonds is 9. The van der Waals surface area contributed by atoms with Gasteiger partial charge in [-0.15, -0.1) is 12.4 Å². The second-order valence-electron chi connectivity index (χ2n) is 6.39. The fourth-order valence-electron chi connectivity index (χ4n) is 3.28. The number of halogens is 3. The monoisotopic (exact) mass is 421 g/mol. The number of carboxylic acid groups (broad SMARTS) is 1. The fraction of sp³-hybridized carbons (Fsp3) is 0.556. The fourth-order valence-corrected chi connectivity index (χ4v) is 3.28. The van der Waals surface area contributed by atoms with Crippen molar-refractivity contribution in [3.8, 4) is 5.75 Å². The number of nitrogens with one attached hydrogen (secondary N) is 1. The topological polar surface area (TPSA) is 82.1 Å². The number of hydrogen-bond donors (Lipinski definition) is 2. The summed E-state index contributed by atoms with van der Waals surface area (Å²) in [7, 11) is 0. The minimum Gasteiger partial charge on any atom is -0.480 e. The number of carbonyl (C=O) groups is 2. The highest BCUT2D eigenvalue weighted by atomic mass is 35.5. The molecule has 10 heteroatoms. The molecule has 2 rings (SSSR count). The van der Waals surface area contributed by atoms with Crippen molar-refractivity contribution in [2.24, 2.45) is 0 Å². The van der Waals surface area contributed by atoms with E-state index >= 15 is 0 Å². The van der Waals surface area contributed by atoms with Gasteiger partial charge in [-0.3, -0.25) is 19.4 Å². The van der Waals surface area contributed by atoms with Crippen molar-refractivity contribution in [1.82, 2.24) is 9.80 Å². The lowest BCUT2D eigenvalue weighted by atomic mass is 10.0. The van der Waals surface area contributed by atoms with Crippen LogP contribution in [-0.2, 0) is 9.59 Å². The lowest BCUT2D eigenvalue weighted by Crippen LogP contribution is -2.48. The second kappa shape index (κ2) is 11.8. The SMILES string of the molecule is CCN(CC(=O)O)C1CCN(CC(=O)Nc2ccccc2OC(F)F)CC1.Cl. The number of para-hydroxylation sites is 2. The van der Waals surface area contributed by atoms with Crippen LogP contribution in [0.2, 0.25) is 0 Å².